The molecular formula is C20H25N3O3. The van der Waals surface area contributed by atoms with Gasteiger partial charge in [0.05, 0.1) is 23.9 Å². The van der Waals surface area contributed by atoms with E-state index in [1.54, 1.807) is 30.5 Å². The van der Waals surface area contributed by atoms with Gasteiger partial charge in [-0.2, -0.15) is 0 Å². The number of pyridine rings is 1. The number of piperidine rings is 1. The molecule has 1 aliphatic heterocycles. The summed E-state index contributed by atoms with van der Waals surface area (Å²) in [5.41, 5.74) is 1.66. The molecule has 0 bridgehead atoms. The number of hydrogen-bond donors (Lipinski definition) is 1. The number of esters is 1. The topological polar surface area (TPSA) is 71.5 Å². The molecule has 2 aromatic rings. The lowest BCUT2D eigenvalue weighted by atomic mass is 10.1. The number of likely N-dealkylation sites (tertiary alicyclic amines) is 1. The highest BCUT2D eigenvalue weighted by Gasteiger charge is 2.14. The number of amides is 1. The van der Waals surface area contributed by atoms with Crippen molar-refractivity contribution in [2.45, 2.75) is 32.1 Å². The number of ether oxygens (including phenoxy) is 1. The van der Waals surface area contributed by atoms with Crippen LogP contribution in [-0.4, -0.2) is 48.5 Å². The predicted octanol–water partition coefficient (Wildman–Crippen LogP) is 3.23. The fraction of sp³-hybridized carbons (Fsp3) is 0.450. The first-order chi connectivity index (χ1) is 12.7. The highest BCUT2D eigenvalue weighted by Crippen LogP contribution is 2.24. The number of anilines is 1. The van der Waals surface area contributed by atoms with Crippen molar-refractivity contribution in [3.05, 3.63) is 36.0 Å². The maximum absolute atomic E-state index is 12.3. The van der Waals surface area contributed by atoms with E-state index in [1.807, 2.05) is 0 Å². The minimum Gasteiger partial charge on any atom is -0.465 e. The lowest BCUT2D eigenvalue weighted by molar-refractivity contribution is -0.116. The summed E-state index contributed by atoms with van der Waals surface area (Å²) < 4.78 is 4.82. The molecule has 6 nitrogen and oxygen atoms in total. The standard InChI is InChI=1S/C20H25N3O3/c1-26-20(25)16-10-11-21-19-15(16)7-5-8-17(19)22-18(24)9-6-14-23-12-3-2-4-13-23/h5,7-8,10-11H,2-4,6,9,12-14H2,1H3,(H,22,24). The normalized spacial score (nSPS) is 15.0. The Balaban J connectivity index is 1.64. The summed E-state index contributed by atoms with van der Waals surface area (Å²) in [5.74, 6) is -0.442. The van der Waals surface area contributed by atoms with E-state index in [9.17, 15) is 9.59 Å². The monoisotopic (exact) mass is 355 g/mol. The quantitative estimate of drug-likeness (QED) is 0.806. The summed E-state index contributed by atoms with van der Waals surface area (Å²) in [6, 6.07) is 7.04. The van der Waals surface area contributed by atoms with Gasteiger partial charge in [-0.1, -0.05) is 18.6 Å². The highest BCUT2D eigenvalue weighted by molar-refractivity contribution is 6.08. The van der Waals surface area contributed by atoms with Gasteiger partial charge in [-0.15, -0.1) is 0 Å². The Bertz CT molecular complexity index is 785. The molecule has 0 atom stereocenters. The molecule has 0 saturated carbocycles. The largest absolute Gasteiger partial charge is 0.465 e. The number of nitrogens with one attached hydrogen (secondary N) is 1. The number of nitrogens with zero attached hydrogens (tertiary/aromatic N) is 2. The van der Waals surface area contributed by atoms with Crippen molar-refractivity contribution in [1.82, 2.24) is 9.88 Å². The zero-order valence-corrected chi connectivity index (χ0v) is 15.2. The molecule has 26 heavy (non-hydrogen) atoms. The molecule has 0 unspecified atom stereocenters. The molecule has 0 spiro atoms. The summed E-state index contributed by atoms with van der Waals surface area (Å²) in [5, 5.41) is 3.61. The molecule has 138 valence electrons. The van der Waals surface area contributed by atoms with Gasteiger partial charge in [0.25, 0.3) is 0 Å². The number of rotatable bonds is 6. The lowest BCUT2D eigenvalue weighted by Gasteiger charge is -2.26. The van der Waals surface area contributed by atoms with Gasteiger partial charge in [0.1, 0.15) is 0 Å². The minimum atomic E-state index is -0.414. The van der Waals surface area contributed by atoms with Crippen LogP contribution in [0.2, 0.25) is 0 Å². The Morgan fingerprint density at radius 2 is 2.00 bits per heavy atom. The first kappa shape index (κ1) is 18.3. The number of hydrogen-bond acceptors (Lipinski definition) is 5. The second-order valence-corrected chi connectivity index (χ2v) is 6.61. The Kier molecular flexibility index (Phi) is 6.17. The first-order valence-electron chi connectivity index (χ1n) is 9.17. The number of aromatic nitrogens is 1. The Labute approximate surface area is 153 Å². The van der Waals surface area contributed by atoms with E-state index in [4.69, 9.17) is 4.74 Å². The van der Waals surface area contributed by atoms with Crippen LogP contribution in [0.15, 0.2) is 30.5 Å². The van der Waals surface area contributed by atoms with Crippen LogP contribution in [-0.2, 0) is 9.53 Å². The summed E-state index contributed by atoms with van der Waals surface area (Å²) in [6.45, 7) is 3.25. The van der Waals surface area contributed by atoms with Crippen molar-refractivity contribution < 1.29 is 14.3 Å². The zero-order valence-electron chi connectivity index (χ0n) is 15.2. The number of carbonyl (C=O) groups is 2. The average Bonchev–Trinajstić information content (AvgIpc) is 2.68. The maximum Gasteiger partial charge on any atom is 0.338 e. The minimum absolute atomic E-state index is 0.0280. The number of carbonyl (C=O) groups excluding carboxylic acids is 2. The molecule has 0 radical (unpaired) electrons. The van der Waals surface area contributed by atoms with Crippen LogP contribution in [0.25, 0.3) is 10.9 Å². The van der Waals surface area contributed by atoms with Crippen LogP contribution in [0, 0.1) is 0 Å². The van der Waals surface area contributed by atoms with Gasteiger partial charge in [-0.25, -0.2) is 4.79 Å². The van der Waals surface area contributed by atoms with Crippen LogP contribution in [0.3, 0.4) is 0 Å². The van der Waals surface area contributed by atoms with Crippen LogP contribution < -0.4 is 5.32 Å². The van der Waals surface area contributed by atoms with Gasteiger partial charge in [-0.3, -0.25) is 9.78 Å². The lowest BCUT2D eigenvalue weighted by Crippen LogP contribution is -2.31. The third kappa shape index (κ3) is 4.38. The summed E-state index contributed by atoms with van der Waals surface area (Å²) in [6.07, 6.45) is 6.72. The van der Waals surface area contributed by atoms with Gasteiger partial charge >= 0.3 is 5.97 Å². The van der Waals surface area contributed by atoms with E-state index in [0.717, 1.165) is 26.1 Å². The predicted molar refractivity (Wildman–Crippen MR) is 101 cm³/mol. The second kappa shape index (κ2) is 8.76. The smallest absolute Gasteiger partial charge is 0.338 e. The van der Waals surface area contributed by atoms with E-state index in [2.05, 4.69) is 15.2 Å². The molecule has 1 aromatic heterocycles. The summed E-state index contributed by atoms with van der Waals surface area (Å²) in [4.78, 5) is 31.0. The molecule has 1 amide bonds. The molecule has 1 saturated heterocycles. The molecule has 0 aliphatic carbocycles. The van der Waals surface area contributed by atoms with Gasteiger partial charge < -0.3 is 15.0 Å². The van der Waals surface area contributed by atoms with Gasteiger partial charge in [0, 0.05) is 18.0 Å². The maximum atomic E-state index is 12.3. The highest BCUT2D eigenvalue weighted by atomic mass is 16.5. The number of fused-ring (bicyclic) bond motifs is 1. The molecule has 2 heterocycles. The van der Waals surface area contributed by atoms with E-state index in [0.29, 0.717) is 28.6 Å². The first-order valence-corrected chi connectivity index (χ1v) is 9.17. The van der Waals surface area contributed by atoms with Crippen molar-refractivity contribution in [2.24, 2.45) is 0 Å². The molecule has 1 fully saturated rings. The van der Waals surface area contributed by atoms with Crippen LogP contribution in [0.4, 0.5) is 5.69 Å². The van der Waals surface area contributed by atoms with E-state index in [1.165, 1.54) is 26.4 Å². The molecule has 1 aliphatic rings. The third-order valence-corrected chi connectivity index (χ3v) is 4.78. The number of benzene rings is 1. The zero-order chi connectivity index (χ0) is 18.4. The van der Waals surface area contributed by atoms with Crippen molar-refractivity contribution in [1.29, 1.82) is 0 Å². The van der Waals surface area contributed by atoms with Crippen molar-refractivity contribution in [3.8, 4) is 0 Å². The van der Waals surface area contributed by atoms with Gasteiger partial charge in [-0.05, 0) is 51.0 Å². The molecular weight excluding hydrogens is 330 g/mol. The van der Waals surface area contributed by atoms with Crippen LogP contribution in [0.1, 0.15) is 42.5 Å². The Morgan fingerprint density at radius 1 is 1.19 bits per heavy atom. The SMILES string of the molecule is COC(=O)c1ccnc2c(NC(=O)CCCN3CCCCC3)cccc12. The van der Waals surface area contributed by atoms with Crippen molar-refractivity contribution >= 4 is 28.5 Å². The number of para-hydroxylation sites is 1. The molecule has 6 heteroatoms. The fourth-order valence-corrected chi connectivity index (χ4v) is 3.42. The molecule has 3 rings (SSSR count). The van der Waals surface area contributed by atoms with E-state index < -0.39 is 5.97 Å². The van der Waals surface area contributed by atoms with Crippen molar-refractivity contribution in [2.75, 3.05) is 32.1 Å². The fourth-order valence-electron chi connectivity index (χ4n) is 3.42. The molecule has 1 N–H and O–H groups in total. The second-order valence-electron chi connectivity index (χ2n) is 6.61. The van der Waals surface area contributed by atoms with E-state index >= 15 is 0 Å². The summed E-state index contributed by atoms with van der Waals surface area (Å²) >= 11 is 0. The van der Waals surface area contributed by atoms with Gasteiger partial charge in [0.2, 0.25) is 5.91 Å². The third-order valence-electron chi connectivity index (χ3n) is 4.78. The Morgan fingerprint density at radius 3 is 2.77 bits per heavy atom. The van der Waals surface area contributed by atoms with Gasteiger partial charge in [0.15, 0.2) is 0 Å². The van der Waals surface area contributed by atoms with Crippen LogP contribution in [0.5, 0.6) is 0 Å². The van der Waals surface area contributed by atoms with E-state index in [-0.39, 0.29) is 5.91 Å². The van der Waals surface area contributed by atoms with Crippen molar-refractivity contribution in [3.63, 3.8) is 0 Å². The van der Waals surface area contributed by atoms with Crippen LogP contribution >= 0.6 is 0 Å². The number of methoxy groups -OCH3 is 1. The average molecular weight is 355 g/mol. The molecule has 1 aromatic carbocycles. The summed E-state index contributed by atoms with van der Waals surface area (Å²) in [7, 11) is 1.35. The Hall–Kier alpha value is -2.47.